The Morgan fingerprint density at radius 1 is 1.29 bits per heavy atom. The molecule has 1 N–H and O–H groups in total. The van der Waals surface area contributed by atoms with E-state index in [0.29, 0.717) is 0 Å². The first-order valence-corrected chi connectivity index (χ1v) is 5.05. The summed E-state index contributed by atoms with van der Waals surface area (Å²) in [5, 5.41) is 0. The van der Waals surface area contributed by atoms with Crippen LogP contribution in [-0.2, 0) is 11.3 Å². The van der Waals surface area contributed by atoms with E-state index >= 15 is 0 Å². The highest BCUT2D eigenvalue weighted by molar-refractivity contribution is 5.13. The van der Waals surface area contributed by atoms with Gasteiger partial charge >= 0.3 is 0 Å². The first kappa shape index (κ1) is 11.2. The molecule has 1 aromatic carbocycles. The zero-order valence-corrected chi connectivity index (χ0v) is 8.83. The second-order valence-electron chi connectivity index (χ2n) is 3.60. The lowest BCUT2D eigenvalue weighted by atomic mass is 10.2. The fraction of sp³-hybridized carbons (Fsp3) is 0.417. The predicted molar refractivity (Wildman–Crippen MR) is 57.8 cm³/mol. The van der Waals surface area contributed by atoms with E-state index in [9.17, 15) is 0 Å². The molecule has 0 bridgehead atoms. The molecule has 2 heteroatoms. The van der Waals surface area contributed by atoms with E-state index in [2.05, 4.69) is 26.2 Å². The lowest BCUT2D eigenvalue weighted by Gasteiger charge is -2.13. The van der Waals surface area contributed by atoms with Crippen molar-refractivity contribution in [3.05, 3.63) is 42.9 Å². The number of rotatable bonds is 6. The summed E-state index contributed by atoms with van der Waals surface area (Å²) >= 11 is 0. The average Bonchev–Trinajstić information content (AvgIpc) is 2.18. The van der Waals surface area contributed by atoms with Crippen LogP contribution in [-0.4, -0.2) is 20.2 Å². The van der Waals surface area contributed by atoms with E-state index in [1.807, 2.05) is 18.2 Å². The molecule has 1 rings (SSSR count). The van der Waals surface area contributed by atoms with Crippen molar-refractivity contribution in [2.75, 3.05) is 20.2 Å². The summed E-state index contributed by atoms with van der Waals surface area (Å²) in [7, 11) is 5.91. The van der Waals surface area contributed by atoms with Crippen LogP contribution in [0.15, 0.2) is 30.3 Å². The van der Waals surface area contributed by atoms with Gasteiger partial charge in [0, 0.05) is 13.5 Å². The molecule has 1 aromatic rings. The summed E-state index contributed by atoms with van der Waals surface area (Å²) in [4.78, 5) is 1.23. The fourth-order valence-corrected chi connectivity index (χ4v) is 1.24. The van der Waals surface area contributed by atoms with Crippen molar-refractivity contribution in [2.24, 2.45) is 0 Å². The van der Waals surface area contributed by atoms with Gasteiger partial charge in [-0.2, -0.15) is 7.05 Å². The lowest BCUT2D eigenvalue weighted by molar-refractivity contribution is -0.831. The van der Waals surface area contributed by atoms with Gasteiger partial charge in [0.15, 0.2) is 0 Å². The minimum Gasteiger partial charge on any atom is -0.470 e. The molecule has 0 heterocycles. The zero-order valence-electron chi connectivity index (χ0n) is 8.83. The van der Waals surface area contributed by atoms with Crippen molar-refractivity contribution in [1.82, 2.24) is 0 Å². The molecule has 0 amide bonds. The van der Waals surface area contributed by atoms with Gasteiger partial charge in [-0.25, -0.2) is 0 Å². The third kappa shape index (κ3) is 5.00. The minimum absolute atomic E-state index is 0.719. The highest BCUT2D eigenvalue weighted by Crippen LogP contribution is 2.00. The highest BCUT2D eigenvalue weighted by atomic mass is 16.5. The van der Waals surface area contributed by atoms with Gasteiger partial charge in [-0.3, -0.25) is 0 Å². The maximum Gasteiger partial charge on any atom is 0.0716 e. The molecule has 1 unspecified atom stereocenters. The maximum absolute atomic E-state index is 5.53. The van der Waals surface area contributed by atoms with Crippen LogP contribution < -0.4 is 4.90 Å². The van der Waals surface area contributed by atoms with Gasteiger partial charge in [0.2, 0.25) is 0 Å². The van der Waals surface area contributed by atoms with Crippen molar-refractivity contribution in [1.29, 1.82) is 0 Å². The molecule has 0 spiro atoms. The standard InChI is InChI=1S/C12H19NO/c1-13(2)9-6-10-14-11-12-7-4-3-5-8-12/h3-5,7-8,13H,1,6,9-11H2,2H3. The van der Waals surface area contributed by atoms with Crippen LogP contribution in [0, 0.1) is 7.05 Å². The Hall–Kier alpha value is -0.860. The molecule has 2 nitrogen and oxygen atoms in total. The van der Waals surface area contributed by atoms with Crippen LogP contribution in [0.1, 0.15) is 12.0 Å². The van der Waals surface area contributed by atoms with Crippen LogP contribution in [0.3, 0.4) is 0 Å². The number of ether oxygens (including phenoxy) is 1. The molecule has 1 atom stereocenters. The quantitative estimate of drug-likeness (QED) is 0.523. The second kappa shape index (κ2) is 6.57. The molecule has 0 aliphatic rings. The predicted octanol–water partition coefficient (Wildman–Crippen LogP) is 0.900. The summed E-state index contributed by atoms with van der Waals surface area (Å²) in [6.07, 6.45) is 1.07. The first-order chi connectivity index (χ1) is 6.79. The molecule has 0 aromatic heterocycles. The SMILES string of the molecule is [CH2-][NH+](C)CCCOCc1ccccc1. The molecule has 0 radical (unpaired) electrons. The number of nitrogens with one attached hydrogen (secondary N) is 1. The molecule has 0 fully saturated rings. The monoisotopic (exact) mass is 193 g/mol. The lowest BCUT2D eigenvalue weighted by Crippen LogP contribution is -3.03. The molecule has 0 saturated carbocycles. The Balaban J connectivity index is 2.05. The summed E-state index contributed by atoms with van der Waals surface area (Å²) in [6, 6.07) is 10.3. The van der Waals surface area contributed by atoms with Crippen LogP contribution in [0.5, 0.6) is 0 Å². The Morgan fingerprint density at radius 2 is 2.00 bits per heavy atom. The van der Waals surface area contributed by atoms with Crippen molar-refractivity contribution < 1.29 is 9.64 Å². The second-order valence-corrected chi connectivity index (χ2v) is 3.60. The molecule has 0 aliphatic carbocycles. The Labute approximate surface area is 86.5 Å². The number of quaternary nitrogens is 1. The summed E-state index contributed by atoms with van der Waals surface area (Å²) in [6.45, 7) is 2.60. The van der Waals surface area contributed by atoms with Gasteiger partial charge < -0.3 is 9.64 Å². The van der Waals surface area contributed by atoms with Crippen LogP contribution in [0.2, 0.25) is 0 Å². The van der Waals surface area contributed by atoms with Crippen molar-refractivity contribution in [3.8, 4) is 0 Å². The third-order valence-corrected chi connectivity index (χ3v) is 2.00. The third-order valence-electron chi connectivity index (χ3n) is 2.00. The molecule has 0 aliphatic heterocycles. The fourth-order valence-electron chi connectivity index (χ4n) is 1.24. The zero-order chi connectivity index (χ0) is 10.2. The van der Waals surface area contributed by atoms with Crippen molar-refractivity contribution in [2.45, 2.75) is 13.0 Å². The van der Waals surface area contributed by atoms with Gasteiger partial charge in [-0.05, 0) is 5.56 Å². The van der Waals surface area contributed by atoms with E-state index in [1.165, 1.54) is 10.5 Å². The van der Waals surface area contributed by atoms with E-state index in [1.54, 1.807) is 0 Å². The first-order valence-electron chi connectivity index (χ1n) is 5.05. The minimum atomic E-state index is 0.719. The van der Waals surface area contributed by atoms with Crippen molar-refractivity contribution in [3.63, 3.8) is 0 Å². The van der Waals surface area contributed by atoms with Crippen LogP contribution in [0.25, 0.3) is 0 Å². The molecule has 78 valence electrons. The molecule has 14 heavy (non-hydrogen) atoms. The van der Waals surface area contributed by atoms with Gasteiger partial charge in [0.05, 0.1) is 19.8 Å². The summed E-state index contributed by atoms with van der Waals surface area (Å²) in [5.74, 6) is 0. The van der Waals surface area contributed by atoms with Crippen LogP contribution in [0.4, 0.5) is 0 Å². The largest absolute Gasteiger partial charge is 0.470 e. The van der Waals surface area contributed by atoms with Gasteiger partial charge in [-0.1, -0.05) is 30.3 Å². The van der Waals surface area contributed by atoms with E-state index in [-0.39, 0.29) is 0 Å². The van der Waals surface area contributed by atoms with E-state index in [0.717, 1.165) is 26.2 Å². The summed E-state index contributed by atoms with van der Waals surface area (Å²) in [5.41, 5.74) is 1.24. The van der Waals surface area contributed by atoms with Gasteiger partial charge in [-0.15, -0.1) is 0 Å². The normalized spacial score (nSPS) is 12.7. The molecular weight excluding hydrogens is 174 g/mol. The smallest absolute Gasteiger partial charge is 0.0716 e. The van der Waals surface area contributed by atoms with E-state index < -0.39 is 0 Å². The molecule has 0 saturated heterocycles. The van der Waals surface area contributed by atoms with Crippen LogP contribution >= 0.6 is 0 Å². The number of hydrogen-bond donors (Lipinski definition) is 1. The van der Waals surface area contributed by atoms with Gasteiger partial charge in [0.25, 0.3) is 0 Å². The topological polar surface area (TPSA) is 13.7 Å². The number of benzene rings is 1. The summed E-state index contributed by atoms with van der Waals surface area (Å²) < 4.78 is 5.53. The Kier molecular flexibility index (Phi) is 5.27. The highest BCUT2D eigenvalue weighted by Gasteiger charge is 1.92. The van der Waals surface area contributed by atoms with Gasteiger partial charge in [0.1, 0.15) is 0 Å². The molecular formula is C12H19NO. The van der Waals surface area contributed by atoms with Crippen molar-refractivity contribution >= 4 is 0 Å². The number of hydrogen-bond acceptors (Lipinski definition) is 1. The Bertz CT molecular complexity index is 233. The van der Waals surface area contributed by atoms with E-state index in [4.69, 9.17) is 4.74 Å². The maximum atomic E-state index is 5.53. The Morgan fingerprint density at radius 3 is 2.64 bits per heavy atom. The average molecular weight is 193 g/mol.